The highest BCUT2D eigenvalue weighted by Crippen LogP contribution is 2.06. The van der Waals surface area contributed by atoms with Crippen molar-refractivity contribution in [3.8, 4) is 0 Å². The molecule has 1 atom stereocenters. The topological polar surface area (TPSA) is 28.2 Å². The number of hydrogen-bond donors (Lipinski definition) is 1. The second kappa shape index (κ2) is 9.06. The Morgan fingerprint density at radius 1 is 1.22 bits per heavy atom. The Balaban J connectivity index is 2.49. The molecule has 1 N–H and O–H groups in total. The SMILES string of the molecule is CCCC(CN(CC)Cc1ccncc1)NCC. The van der Waals surface area contributed by atoms with Crippen LogP contribution < -0.4 is 5.32 Å². The van der Waals surface area contributed by atoms with Gasteiger partial charge in [-0.05, 0) is 37.2 Å². The summed E-state index contributed by atoms with van der Waals surface area (Å²) in [6.45, 7) is 11.0. The molecule has 1 aromatic heterocycles. The summed E-state index contributed by atoms with van der Waals surface area (Å²) < 4.78 is 0. The zero-order valence-electron chi connectivity index (χ0n) is 12.0. The second-order valence-electron chi connectivity index (χ2n) is 4.73. The number of rotatable bonds is 9. The summed E-state index contributed by atoms with van der Waals surface area (Å²) in [6.07, 6.45) is 6.24. The molecule has 0 aliphatic rings. The molecular formula is C15H27N3. The quantitative estimate of drug-likeness (QED) is 0.729. The average molecular weight is 249 g/mol. The Labute approximate surface area is 112 Å². The van der Waals surface area contributed by atoms with E-state index in [1.807, 2.05) is 12.4 Å². The highest BCUT2D eigenvalue weighted by atomic mass is 15.1. The minimum atomic E-state index is 0.613. The lowest BCUT2D eigenvalue weighted by atomic mass is 10.1. The predicted octanol–water partition coefficient (Wildman–Crippen LogP) is 2.68. The van der Waals surface area contributed by atoms with Gasteiger partial charge in [0.1, 0.15) is 0 Å². The van der Waals surface area contributed by atoms with Crippen LogP contribution in [0.25, 0.3) is 0 Å². The standard InChI is InChI=1S/C15H27N3/c1-4-7-15(17-5-2)13-18(6-3)12-14-8-10-16-11-9-14/h8-11,15,17H,4-7,12-13H2,1-3H3. The van der Waals surface area contributed by atoms with Crippen LogP contribution in [0.15, 0.2) is 24.5 Å². The van der Waals surface area contributed by atoms with E-state index in [-0.39, 0.29) is 0 Å². The van der Waals surface area contributed by atoms with Crippen LogP contribution in [0.5, 0.6) is 0 Å². The maximum absolute atomic E-state index is 4.07. The molecule has 0 spiro atoms. The lowest BCUT2D eigenvalue weighted by molar-refractivity contribution is 0.240. The summed E-state index contributed by atoms with van der Waals surface area (Å²) in [5.74, 6) is 0. The Hall–Kier alpha value is -0.930. The third-order valence-corrected chi connectivity index (χ3v) is 3.21. The van der Waals surface area contributed by atoms with Crippen LogP contribution in [0, 0.1) is 0 Å². The van der Waals surface area contributed by atoms with Crippen LogP contribution in [0.1, 0.15) is 39.2 Å². The highest BCUT2D eigenvalue weighted by Gasteiger charge is 2.11. The number of aromatic nitrogens is 1. The molecule has 0 saturated heterocycles. The molecule has 1 aromatic rings. The van der Waals surface area contributed by atoms with Crippen molar-refractivity contribution in [2.24, 2.45) is 0 Å². The van der Waals surface area contributed by atoms with Gasteiger partial charge >= 0.3 is 0 Å². The number of hydrogen-bond acceptors (Lipinski definition) is 3. The molecule has 0 radical (unpaired) electrons. The van der Waals surface area contributed by atoms with E-state index in [4.69, 9.17) is 0 Å². The molecule has 1 rings (SSSR count). The minimum Gasteiger partial charge on any atom is -0.313 e. The van der Waals surface area contributed by atoms with E-state index in [9.17, 15) is 0 Å². The van der Waals surface area contributed by atoms with Gasteiger partial charge in [-0.15, -0.1) is 0 Å². The van der Waals surface area contributed by atoms with Crippen molar-refractivity contribution >= 4 is 0 Å². The van der Waals surface area contributed by atoms with Gasteiger partial charge in [0.2, 0.25) is 0 Å². The van der Waals surface area contributed by atoms with E-state index in [0.717, 1.165) is 26.2 Å². The van der Waals surface area contributed by atoms with Crippen molar-refractivity contribution in [2.75, 3.05) is 19.6 Å². The molecule has 1 heterocycles. The number of likely N-dealkylation sites (N-methyl/N-ethyl adjacent to an activating group) is 2. The summed E-state index contributed by atoms with van der Waals surface area (Å²) in [4.78, 5) is 6.57. The Kier molecular flexibility index (Phi) is 7.62. The molecule has 0 aliphatic carbocycles. The van der Waals surface area contributed by atoms with Gasteiger partial charge in [0.05, 0.1) is 0 Å². The summed E-state index contributed by atoms with van der Waals surface area (Å²) in [7, 11) is 0. The van der Waals surface area contributed by atoms with Crippen LogP contribution >= 0.6 is 0 Å². The number of nitrogens with zero attached hydrogens (tertiary/aromatic N) is 2. The summed E-state index contributed by atoms with van der Waals surface area (Å²) in [6, 6.07) is 4.82. The van der Waals surface area contributed by atoms with Crippen LogP contribution in [0.2, 0.25) is 0 Å². The molecule has 0 fully saturated rings. The van der Waals surface area contributed by atoms with Crippen molar-refractivity contribution in [3.63, 3.8) is 0 Å². The fraction of sp³-hybridized carbons (Fsp3) is 0.667. The van der Waals surface area contributed by atoms with E-state index < -0.39 is 0 Å². The molecule has 0 saturated carbocycles. The van der Waals surface area contributed by atoms with E-state index in [0.29, 0.717) is 6.04 Å². The summed E-state index contributed by atoms with van der Waals surface area (Å²) in [5, 5.41) is 3.58. The van der Waals surface area contributed by atoms with Crippen LogP contribution in [0.4, 0.5) is 0 Å². The van der Waals surface area contributed by atoms with Gasteiger partial charge in [-0.3, -0.25) is 9.88 Å². The van der Waals surface area contributed by atoms with Crippen molar-refractivity contribution < 1.29 is 0 Å². The lowest BCUT2D eigenvalue weighted by Gasteiger charge is -2.27. The van der Waals surface area contributed by atoms with Crippen LogP contribution in [-0.2, 0) is 6.54 Å². The zero-order valence-corrected chi connectivity index (χ0v) is 12.0. The fourth-order valence-corrected chi connectivity index (χ4v) is 2.26. The van der Waals surface area contributed by atoms with Gasteiger partial charge in [0.25, 0.3) is 0 Å². The van der Waals surface area contributed by atoms with Gasteiger partial charge in [0.15, 0.2) is 0 Å². The van der Waals surface area contributed by atoms with Gasteiger partial charge in [-0.2, -0.15) is 0 Å². The molecule has 1 unspecified atom stereocenters. The number of nitrogens with one attached hydrogen (secondary N) is 1. The number of pyridine rings is 1. The second-order valence-corrected chi connectivity index (χ2v) is 4.73. The summed E-state index contributed by atoms with van der Waals surface area (Å²) >= 11 is 0. The van der Waals surface area contributed by atoms with E-state index in [1.165, 1.54) is 18.4 Å². The average Bonchev–Trinajstić information content (AvgIpc) is 2.39. The van der Waals surface area contributed by atoms with Crippen LogP contribution in [-0.4, -0.2) is 35.6 Å². The molecular weight excluding hydrogens is 222 g/mol. The van der Waals surface area contributed by atoms with Gasteiger partial charge < -0.3 is 5.32 Å². The van der Waals surface area contributed by atoms with Crippen molar-refractivity contribution in [1.82, 2.24) is 15.2 Å². The molecule has 3 heteroatoms. The lowest BCUT2D eigenvalue weighted by Crippen LogP contribution is -2.40. The van der Waals surface area contributed by atoms with Gasteiger partial charge in [-0.25, -0.2) is 0 Å². The first-order valence-corrected chi connectivity index (χ1v) is 7.14. The third kappa shape index (κ3) is 5.61. The first-order valence-electron chi connectivity index (χ1n) is 7.14. The van der Waals surface area contributed by atoms with Crippen molar-refractivity contribution in [2.45, 2.75) is 46.2 Å². The van der Waals surface area contributed by atoms with Crippen molar-refractivity contribution in [3.05, 3.63) is 30.1 Å². The monoisotopic (exact) mass is 249 g/mol. The third-order valence-electron chi connectivity index (χ3n) is 3.21. The van der Waals surface area contributed by atoms with Crippen LogP contribution in [0.3, 0.4) is 0 Å². The normalized spacial score (nSPS) is 12.9. The van der Waals surface area contributed by atoms with Crippen molar-refractivity contribution in [1.29, 1.82) is 0 Å². The molecule has 0 aromatic carbocycles. The molecule has 0 amide bonds. The fourth-order valence-electron chi connectivity index (χ4n) is 2.26. The van der Waals surface area contributed by atoms with Gasteiger partial charge in [-0.1, -0.05) is 27.2 Å². The summed E-state index contributed by atoms with van der Waals surface area (Å²) in [5.41, 5.74) is 1.35. The first-order chi connectivity index (χ1) is 8.80. The van der Waals surface area contributed by atoms with E-state index >= 15 is 0 Å². The minimum absolute atomic E-state index is 0.613. The highest BCUT2D eigenvalue weighted by molar-refractivity contribution is 5.09. The smallest absolute Gasteiger partial charge is 0.0271 e. The maximum atomic E-state index is 4.07. The predicted molar refractivity (Wildman–Crippen MR) is 77.6 cm³/mol. The van der Waals surface area contributed by atoms with E-state index in [1.54, 1.807) is 0 Å². The molecule has 18 heavy (non-hydrogen) atoms. The van der Waals surface area contributed by atoms with Gasteiger partial charge in [0, 0.05) is 31.5 Å². The Morgan fingerprint density at radius 3 is 2.50 bits per heavy atom. The molecule has 102 valence electrons. The molecule has 0 aliphatic heterocycles. The largest absolute Gasteiger partial charge is 0.313 e. The molecule has 0 bridgehead atoms. The Bertz CT molecular complexity index is 294. The zero-order chi connectivity index (χ0) is 13.2. The first kappa shape index (κ1) is 15.1. The molecule has 3 nitrogen and oxygen atoms in total. The Morgan fingerprint density at radius 2 is 1.94 bits per heavy atom. The van der Waals surface area contributed by atoms with E-state index in [2.05, 4.69) is 48.1 Å². The maximum Gasteiger partial charge on any atom is 0.0271 e.